The number of pyridine rings is 1. The van der Waals surface area contributed by atoms with E-state index in [9.17, 15) is 21.6 Å². The molecule has 1 atom stereocenters. The molecule has 0 spiro atoms. The SMILES string of the molecule is CNCC1CCN(S(=O)(=O)c2ccc(C(F)(F)F)nc2)C1.Cl. The standard InChI is InChI=1S/C12H16F3N3O2S.ClH/c1-16-6-9-4-5-18(8-9)21(19,20)10-2-3-11(17-7-10)12(13,14)15;/h2-3,7,9,16H,4-6,8H2,1H3;1H. The monoisotopic (exact) mass is 359 g/mol. The fraction of sp³-hybridized carbons (Fsp3) is 0.583. The third kappa shape index (κ3) is 4.09. The highest BCUT2D eigenvalue weighted by Crippen LogP contribution is 2.29. The second kappa shape index (κ2) is 7.12. The number of nitrogens with zero attached hydrogens (tertiary/aromatic N) is 2. The van der Waals surface area contributed by atoms with E-state index in [1.807, 2.05) is 0 Å². The second-order valence-corrected chi connectivity index (χ2v) is 6.89. The molecule has 1 N–H and O–H groups in total. The Kier molecular flexibility index (Phi) is 6.19. The zero-order valence-electron chi connectivity index (χ0n) is 11.8. The summed E-state index contributed by atoms with van der Waals surface area (Å²) < 4.78 is 63.2. The maximum absolute atomic E-state index is 12.4. The molecule has 2 heterocycles. The summed E-state index contributed by atoms with van der Waals surface area (Å²) in [5.41, 5.74) is -1.10. The zero-order chi connectivity index (χ0) is 15.7. The van der Waals surface area contributed by atoms with Crippen LogP contribution in [0.5, 0.6) is 0 Å². The highest BCUT2D eigenvalue weighted by atomic mass is 35.5. The molecule has 1 aromatic rings. The van der Waals surface area contributed by atoms with E-state index in [0.717, 1.165) is 18.7 Å². The molecule has 1 saturated heterocycles. The molecule has 0 radical (unpaired) electrons. The summed E-state index contributed by atoms with van der Waals surface area (Å²) in [6.45, 7) is 1.44. The van der Waals surface area contributed by atoms with Crippen LogP contribution in [-0.2, 0) is 16.2 Å². The van der Waals surface area contributed by atoms with Gasteiger partial charge in [-0.05, 0) is 38.1 Å². The maximum Gasteiger partial charge on any atom is 0.433 e. The second-order valence-electron chi connectivity index (χ2n) is 4.95. The molecule has 0 saturated carbocycles. The van der Waals surface area contributed by atoms with Crippen molar-refractivity contribution in [2.45, 2.75) is 17.5 Å². The van der Waals surface area contributed by atoms with Crippen LogP contribution in [-0.4, -0.2) is 44.4 Å². The Hall–Kier alpha value is -0.900. The Morgan fingerprint density at radius 3 is 2.59 bits per heavy atom. The van der Waals surface area contributed by atoms with Crippen LogP contribution in [0.25, 0.3) is 0 Å². The van der Waals surface area contributed by atoms with Crippen LogP contribution in [0.4, 0.5) is 13.2 Å². The Bertz CT molecular complexity index is 593. The highest BCUT2D eigenvalue weighted by molar-refractivity contribution is 7.89. The first-order valence-corrected chi connectivity index (χ1v) is 7.87. The van der Waals surface area contributed by atoms with Crippen LogP contribution in [0.2, 0.25) is 0 Å². The summed E-state index contributed by atoms with van der Waals surface area (Å²) in [6, 6.07) is 1.64. The molecule has 0 bridgehead atoms. The van der Waals surface area contributed by atoms with Crippen LogP contribution < -0.4 is 5.32 Å². The molecule has 22 heavy (non-hydrogen) atoms. The minimum atomic E-state index is -4.58. The number of rotatable bonds is 4. The van der Waals surface area contributed by atoms with Gasteiger partial charge in [-0.15, -0.1) is 12.4 Å². The number of halogens is 4. The predicted molar refractivity (Wildman–Crippen MR) is 77.3 cm³/mol. The Balaban J connectivity index is 0.00000242. The molecule has 0 amide bonds. The summed E-state index contributed by atoms with van der Waals surface area (Å²) in [5, 5.41) is 2.99. The molecule has 126 valence electrons. The van der Waals surface area contributed by atoms with E-state index < -0.39 is 21.9 Å². The number of alkyl halides is 3. The zero-order valence-corrected chi connectivity index (χ0v) is 13.4. The molecular formula is C12H17ClF3N3O2S. The van der Waals surface area contributed by atoms with Gasteiger partial charge in [-0.25, -0.2) is 8.42 Å². The number of sulfonamides is 1. The van der Waals surface area contributed by atoms with Gasteiger partial charge in [0.05, 0.1) is 0 Å². The number of aromatic nitrogens is 1. The fourth-order valence-corrected chi connectivity index (χ4v) is 3.80. The van der Waals surface area contributed by atoms with E-state index in [-0.39, 0.29) is 23.2 Å². The first kappa shape index (κ1) is 19.1. The molecule has 2 rings (SSSR count). The maximum atomic E-state index is 12.4. The predicted octanol–water partition coefficient (Wildman–Crippen LogP) is 1.75. The topological polar surface area (TPSA) is 62.3 Å². The molecule has 5 nitrogen and oxygen atoms in total. The van der Waals surface area contributed by atoms with Crippen molar-refractivity contribution in [2.24, 2.45) is 5.92 Å². The average Bonchev–Trinajstić information content (AvgIpc) is 2.88. The minimum absolute atomic E-state index is 0. The van der Waals surface area contributed by atoms with Crippen LogP contribution in [0, 0.1) is 5.92 Å². The molecule has 1 fully saturated rings. The summed E-state index contributed by atoms with van der Waals surface area (Å²) in [5.74, 6) is 0.215. The van der Waals surface area contributed by atoms with Gasteiger partial charge < -0.3 is 5.32 Å². The Morgan fingerprint density at radius 2 is 2.09 bits per heavy atom. The van der Waals surface area contributed by atoms with Gasteiger partial charge in [0.2, 0.25) is 10.0 Å². The van der Waals surface area contributed by atoms with E-state index in [0.29, 0.717) is 25.7 Å². The van der Waals surface area contributed by atoms with Crippen molar-refractivity contribution in [1.29, 1.82) is 0 Å². The lowest BCUT2D eigenvalue weighted by Crippen LogP contribution is -2.30. The van der Waals surface area contributed by atoms with Crippen molar-refractivity contribution in [3.8, 4) is 0 Å². The third-order valence-electron chi connectivity index (χ3n) is 3.41. The quantitative estimate of drug-likeness (QED) is 0.889. The molecular weight excluding hydrogens is 343 g/mol. The fourth-order valence-electron chi connectivity index (χ4n) is 2.32. The van der Waals surface area contributed by atoms with Gasteiger partial charge in [0, 0.05) is 19.3 Å². The van der Waals surface area contributed by atoms with E-state index in [4.69, 9.17) is 0 Å². The van der Waals surface area contributed by atoms with E-state index in [1.165, 1.54) is 4.31 Å². The minimum Gasteiger partial charge on any atom is -0.319 e. The molecule has 1 aliphatic rings. The molecule has 1 aromatic heterocycles. The lowest BCUT2D eigenvalue weighted by molar-refractivity contribution is -0.141. The van der Waals surface area contributed by atoms with Crippen molar-refractivity contribution < 1.29 is 21.6 Å². The summed E-state index contributed by atoms with van der Waals surface area (Å²) >= 11 is 0. The number of nitrogens with one attached hydrogen (secondary N) is 1. The van der Waals surface area contributed by atoms with Gasteiger partial charge in [0.1, 0.15) is 10.6 Å². The van der Waals surface area contributed by atoms with E-state index in [1.54, 1.807) is 7.05 Å². The van der Waals surface area contributed by atoms with Gasteiger partial charge in [-0.2, -0.15) is 17.5 Å². The normalized spacial score (nSPS) is 19.9. The van der Waals surface area contributed by atoms with Crippen molar-refractivity contribution in [2.75, 3.05) is 26.7 Å². The van der Waals surface area contributed by atoms with Crippen molar-refractivity contribution in [3.05, 3.63) is 24.0 Å². The van der Waals surface area contributed by atoms with Crippen LogP contribution in [0.15, 0.2) is 23.2 Å². The average molecular weight is 360 g/mol. The first-order chi connectivity index (χ1) is 9.75. The molecule has 1 unspecified atom stereocenters. The molecule has 10 heteroatoms. The lowest BCUT2D eigenvalue weighted by Gasteiger charge is -2.16. The van der Waals surface area contributed by atoms with Crippen molar-refractivity contribution in [3.63, 3.8) is 0 Å². The molecule has 1 aliphatic heterocycles. The number of hydrogen-bond acceptors (Lipinski definition) is 4. The number of hydrogen-bond donors (Lipinski definition) is 1. The van der Waals surface area contributed by atoms with Gasteiger partial charge >= 0.3 is 6.18 Å². The summed E-state index contributed by atoms with van der Waals surface area (Å²) in [4.78, 5) is 2.99. The van der Waals surface area contributed by atoms with Crippen molar-refractivity contribution in [1.82, 2.24) is 14.6 Å². The Labute approximate surface area is 133 Å². The first-order valence-electron chi connectivity index (χ1n) is 6.43. The lowest BCUT2D eigenvalue weighted by atomic mass is 10.1. The smallest absolute Gasteiger partial charge is 0.319 e. The summed E-state index contributed by atoms with van der Waals surface area (Å²) in [7, 11) is -1.99. The van der Waals surface area contributed by atoms with Gasteiger partial charge in [-0.3, -0.25) is 4.98 Å². The van der Waals surface area contributed by atoms with E-state index >= 15 is 0 Å². The third-order valence-corrected chi connectivity index (χ3v) is 5.25. The van der Waals surface area contributed by atoms with Crippen molar-refractivity contribution >= 4 is 22.4 Å². The van der Waals surface area contributed by atoms with Crippen LogP contribution in [0.1, 0.15) is 12.1 Å². The van der Waals surface area contributed by atoms with E-state index in [2.05, 4.69) is 10.3 Å². The van der Waals surface area contributed by atoms with Crippen LogP contribution >= 0.6 is 12.4 Å². The van der Waals surface area contributed by atoms with Gasteiger partial charge in [0.15, 0.2) is 0 Å². The molecule has 0 aliphatic carbocycles. The van der Waals surface area contributed by atoms with Crippen LogP contribution in [0.3, 0.4) is 0 Å². The largest absolute Gasteiger partial charge is 0.433 e. The van der Waals surface area contributed by atoms with Gasteiger partial charge in [-0.1, -0.05) is 0 Å². The summed E-state index contributed by atoms with van der Waals surface area (Å²) in [6.07, 6.45) is -3.08. The Morgan fingerprint density at radius 1 is 1.41 bits per heavy atom. The highest BCUT2D eigenvalue weighted by Gasteiger charge is 2.35. The van der Waals surface area contributed by atoms with Gasteiger partial charge in [0.25, 0.3) is 0 Å². The molecule has 0 aromatic carbocycles.